The van der Waals surface area contributed by atoms with Crippen molar-refractivity contribution in [1.29, 1.82) is 0 Å². The van der Waals surface area contributed by atoms with Gasteiger partial charge in [-0.3, -0.25) is 0 Å². The van der Waals surface area contributed by atoms with E-state index >= 15 is 0 Å². The van der Waals surface area contributed by atoms with Crippen molar-refractivity contribution in [3.63, 3.8) is 0 Å². The molecule has 1 spiro atoms. The van der Waals surface area contributed by atoms with Gasteiger partial charge in [0.2, 0.25) is 0 Å². The lowest BCUT2D eigenvalue weighted by atomic mass is 9.97. The first-order chi connectivity index (χ1) is 10.6. The summed E-state index contributed by atoms with van der Waals surface area (Å²) in [5.74, 6) is 0. The summed E-state index contributed by atoms with van der Waals surface area (Å²) in [7, 11) is 0. The predicted molar refractivity (Wildman–Crippen MR) is 86.2 cm³/mol. The Morgan fingerprint density at radius 3 is 2.64 bits per heavy atom. The van der Waals surface area contributed by atoms with Crippen molar-refractivity contribution in [3.05, 3.63) is 58.6 Å². The lowest BCUT2D eigenvalue weighted by molar-refractivity contribution is 0.184. The van der Waals surface area contributed by atoms with Crippen LogP contribution in [0.25, 0.3) is 11.1 Å². The summed E-state index contributed by atoms with van der Waals surface area (Å²) in [5.41, 5.74) is 4.73. The third kappa shape index (κ3) is 2.17. The first-order valence-corrected chi connectivity index (χ1v) is 7.83. The largest absolute Gasteiger partial charge is 0.465 e. The Bertz CT molecular complexity index is 767. The molecule has 0 heterocycles. The summed E-state index contributed by atoms with van der Waals surface area (Å²) >= 11 is 6.07. The Labute approximate surface area is 133 Å². The molecule has 4 heteroatoms. The zero-order chi connectivity index (χ0) is 15.3. The Kier molecular flexibility index (Phi) is 2.95. The van der Waals surface area contributed by atoms with Crippen LogP contribution in [0.3, 0.4) is 0 Å². The molecule has 4 rings (SSSR count). The number of hydrogen-bond donors (Lipinski definition) is 2. The standard InChI is InChI=1S/C18H16ClNO2/c19-14-3-1-2-11(9-14)12-4-5-15-13(8-12)10-18(6-7-18)16(15)20-17(21)22/h1-5,8-9,16,20H,6-7,10H2,(H,21,22). The number of rotatable bonds is 2. The van der Waals surface area contributed by atoms with E-state index in [9.17, 15) is 4.79 Å². The van der Waals surface area contributed by atoms with Crippen LogP contribution in [0.5, 0.6) is 0 Å². The lowest BCUT2D eigenvalue weighted by Gasteiger charge is -2.19. The molecule has 0 radical (unpaired) electrons. The second kappa shape index (κ2) is 4.75. The minimum Gasteiger partial charge on any atom is -0.465 e. The highest BCUT2D eigenvalue weighted by molar-refractivity contribution is 6.30. The third-order valence-electron chi connectivity index (χ3n) is 4.93. The van der Waals surface area contributed by atoms with Gasteiger partial charge in [-0.25, -0.2) is 4.79 Å². The van der Waals surface area contributed by atoms with Gasteiger partial charge in [-0.1, -0.05) is 41.9 Å². The number of nitrogens with one attached hydrogen (secondary N) is 1. The molecule has 112 valence electrons. The summed E-state index contributed by atoms with van der Waals surface area (Å²) in [6, 6.07) is 14.1. The van der Waals surface area contributed by atoms with Gasteiger partial charge >= 0.3 is 6.09 Å². The molecule has 2 aliphatic rings. The summed E-state index contributed by atoms with van der Waals surface area (Å²) in [6.07, 6.45) is 2.21. The SMILES string of the molecule is O=C(O)NC1c2ccc(-c3cccc(Cl)c3)cc2CC12CC2. The molecule has 1 atom stereocenters. The molecule has 22 heavy (non-hydrogen) atoms. The van der Waals surface area contributed by atoms with Crippen LogP contribution in [-0.2, 0) is 6.42 Å². The maximum absolute atomic E-state index is 11.1. The fraction of sp³-hybridized carbons (Fsp3) is 0.278. The molecule has 2 aliphatic carbocycles. The third-order valence-corrected chi connectivity index (χ3v) is 5.16. The van der Waals surface area contributed by atoms with Gasteiger partial charge in [0, 0.05) is 5.02 Å². The van der Waals surface area contributed by atoms with Crippen molar-refractivity contribution in [2.24, 2.45) is 5.41 Å². The molecule has 0 aliphatic heterocycles. The van der Waals surface area contributed by atoms with Crippen molar-refractivity contribution in [2.75, 3.05) is 0 Å². The number of halogens is 1. The van der Waals surface area contributed by atoms with E-state index in [-0.39, 0.29) is 11.5 Å². The van der Waals surface area contributed by atoms with E-state index in [4.69, 9.17) is 16.7 Å². The average molecular weight is 314 g/mol. The fourth-order valence-electron chi connectivity index (χ4n) is 3.68. The molecule has 0 saturated heterocycles. The van der Waals surface area contributed by atoms with Gasteiger partial charge in [-0.05, 0) is 59.1 Å². The van der Waals surface area contributed by atoms with Crippen molar-refractivity contribution in [1.82, 2.24) is 5.32 Å². The molecule has 2 aromatic carbocycles. The molecule has 2 aromatic rings. The zero-order valence-corrected chi connectivity index (χ0v) is 12.7. The van der Waals surface area contributed by atoms with Crippen LogP contribution >= 0.6 is 11.6 Å². The van der Waals surface area contributed by atoms with Gasteiger partial charge in [-0.2, -0.15) is 0 Å². The number of fused-ring (bicyclic) bond motifs is 1. The highest BCUT2D eigenvalue weighted by Crippen LogP contribution is 2.62. The molecule has 1 unspecified atom stereocenters. The average Bonchev–Trinajstić information content (AvgIpc) is 3.18. The topological polar surface area (TPSA) is 49.3 Å². The van der Waals surface area contributed by atoms with Gasteiger partial charge < -0.3 is 10.4 Å². The first-order valence-electron chi connectivity index (χ1n) is 7.46. The molecule has 0 aromatic heterocycles. The van der Waals surface area contributed by atoms with Crippen LogP contribution in [0.15, 0.2) is 42.5 Å². The smallest absolute Gasteiger partial charge is 0.405 e. The Balaban J connectivity index is 1.73. The Hall–Kier alpha value is -2.00. The second-order valence-corrected chi connectivity index (χ2v) is 6.78. The molecular formula is C18H16ClNO2. The fourth-order valence-corrected chi connectivity index (χ4v) is 3.87. The number of carboxylic acid groups (broad SMARTS) is 1. The van der Waals surface area contributed by atoms with Crippen LogP contribution in [0, 0.1) is 5.41 Å². The monoisotopic (exact) mass is 313 g/mol. The van der Waals surface area contributed by atoms with Crippen LogP contribution in [-0.4, -0.2) is 11.2 Å². The molecule has 1 amide bonds. The highest BCUT2D eigenvalue weighted by atomic mass is 35.5. The number of hydrogen-bond acceptors (Lipinski definition) is 1. The van der Waals surface area contributed by atoms with E-state index in [1.165, 1.54) is 5.56 Å². The summed E-state index contributed by atoms with van der Waals surface area (Å²) in [5, 5.41) is 12.5. The maximum Gasteiger partial charge on any atom is 0.405 e. The summed E-state index contributed by atoms with van der Waals surface area (Å²) in [4.78, 5) is 11.1. The van der Waals surface area contributed by atoms with Crippen molar-refractivity contribution in [3.8, 4) is 11.1 Å². The second-order valence-electron chi connectivity index (χ2n) is 6.35. The Morgan fingerprint density at radius 1 is 1.18 bits per heavy atom. The minimum atomic E-state index is -0.942. The molecule has 2 N–H and O–H groups in total. The molecule has 0 bridgehead atoms. The van der Waals surface area contributed by atoms with Gasteiger partial charge in [0.25, 0.3) is 0 Å². The lowest BCUT2D eigenvalue weighted by Crippen LogP contribution is -2.30. The van der Waals surface area contributed by atoms with Gasteiger partial charge in [0.05, 0.1) is 6.04 Å². The van der Waals surface area contributed by atoms with Crippen LogP contribution in [0.1, 0.15) is 30.0 Å². The van der Waals surface area contributed by atoms with Gasteiger partial charge in [-0.15, -0.1) is 0 Å². The van der Waals surface area contributed by atoms with E-state index in [0.717, 1.165) is 41.0 Å². The van der Waals surface area contributed by atoms with Crippen LogP contribution < -0.4 is 5.32 Å². The maximum atomic E-state index is 11.1. The van der Waals surface area contributed by atoms with Crippen molar-refractivity contribution in [2.45, 2.75) is 25.3 Å². The molecule has 3 nitrogen and oxygen atoms in total. The number of benzene rings is 2. The predicted octanol–water partition coefficient (Wildman–Crippen LogP) is 4.65. The molecule has 1 fully saturated rings. The van der Waals surface area contributed by atoms with Crippen molar-refractivity contribution >= 4 is 17.7 Å². The quantitative estimate of drug-likeness (QED) is 0.847. The van der Waals surface area contributed by atoms with Gasteiger partial charge in [0.15, 0.2) is 0 Å². The van der Waals surface area contributed by atoms with Crippen LogP contribution in [0.2, 0.25) is 5.02 Å². The molecule has 1 saturated carbocycles. The van der Waals surface area contributed by atoms with Gasteiger partial charge in [0.1, 0.15) is 0 Å². The van der Waals surface area contributed by atoms with Crippen LogP contribution in [0.4, 0.5) is 4.79 Å². The summed E-state index contributed by atoms with van der Waals surface area (Å²) in [6.45, 7) is 0. The van der Waals surface area contributed by atoms with E-state index in [2.05, 4.69) is 23.5 Å². The van der Waals surface area contributed by atoms with E-state index in [1.54, 1.807) is 0 Å². The molecular weight excluding hydrogens is 298 g/mol. The summed E-state index contributed by atoms with van der Waals surface area (Å²) < 4.78 is 0. The van der Waals surface area contributed by atoms with Crippen molar-refractivity contribution < 1.29 is 9.90 Å². The first kappa shape index (κ1) is 13.6. The van der Waals surface area contributed by atoms with E-state index in [1.807, 2.05) is 24.3 Å². The minimum absolute atomic E-state index is 0.0617. The normalized spacial score (nSPS) is 20.7. The zero-order valence-electron chi connectivity index (χ0n) is 12.0. The number of carbonyl (C=O) groups is 1. The highest BCUT2D eigenvalue weighted by Gasteiger charge is 2.55. The van der Waals surface area contributed by atoms with E-state index < -0.39 is 6.09 Å². The number of amides is 1. The Morgan fingerprint density at radius 2 is 1.95 bits per heavy atom. The van der Waals surface area contributed by atoms with E-state index in [0.29, 0.717) is 0 Å².